The Morgan fingerprint density at radius 3 is 0.740 bits per heavy atom. The molecule has 0 aromatic heterocycles. The zero-order valence-corrected chi connectivity index (χ0v) is 67.9. The molecule has 22 aromatic rings. The summed E-state index contributed by atoms with van der Waals surface area (Å²) in [6, 6.07) is 185. The van der Waals surface area contributed by atoms with E-state index in [4.69, 9.17) is 0 Å². The maximum atomic E-state index is 2.33. The Bertz CT molecular complexity index is 7430. The summed E-state index contributed by atoms with van der Waals surface area (Å²) >= 11 is 0. The summed E-state index contributed by atoms with van der Waals surface area (Å²) in [6.07, 6.45) is 0. The van der Waals surface area contributed by atoms with Crippen molar-refractivity contribution in [3.63, 3.8) is 0 Å². The normalized spacial score (nSPS) is 11.1. The fourth-order valence-electron chi connectivity index (χ4n) is 17.3. The van der Waals surface area contributed by atoms with Crippen LogP contribution in [-0.2, 0) is 0 Å². The van der Waals surface area contributed by atoms with Crippen LogP contribution >= 0.6 is 0 Å². The maximum Gasteiger partial charge on any atom is 0.0468 e. The number of hydrogen-bond donors (Lipinski definition) is 0. The molecular formula is C120H85N3. The van der Waals surface area contributed by atoms with Crippen LogP contribution in [0.3, 0.4) is 0 Å². The van der Waals surface area contributed by atoms with Crippen LogP contribution in [0.2, 0.25) is 0 Å². The van der Waals surface area contributed by atoms with Crippen molar-refractivity contribution in [2.45, 2.75) is 0 Å². The van der Waals surface area contributed by atoms with E-state index in [1.54, 1.807) is 0 Å². The quantitative estimate of drug-likeness (QED) is 0.0955. The molecule has 0 bridgehead atoms. The SMILES string of the molecule is c1ccc(-c2ccc(N(c3ccccc3)c3ccc(-c4cccc5c(-c6cccc7ccccc67)cccc45)cc3)cc2)cc1.c1ccc(-c2ccc(N(c3ccccc3)c3ccc4cc(-c5ccc6ccccc6c5)ccc4c3)cc2)cc1.c1ccc(-c2ccc(N(c3ccccc3)c3ccc4ccc(-c5ccc6ccccc6c5)cc4c3)cc2)cc1. The number of benzene rings is 22. The van der Waals surface area contributed by atoms with E-state index < -0.39 is 0 Å². The second kappa shape index (κ2) is 34.8. The van der Waals surface area contributed by atoms with Gasteiger partial charge in [-0.1, -0.05) is 382 Å². The number of fused-ring (bicyclic) bond motifs is 6. The van der Waals surface area contributed by atoms with Gasteiger partial charge in [-0.25, -0.2) is 0 Å². The number of para-hydroxylation sites is 3. The van der Waals surface area contributed by atoms with Gasteiger partial charge in [-0.15, -0.1) is 0 Å². The number of anilines is 9. The fourth-order valence-corrected chi connectivity index (χ4v) is 17.3. The molecule has 22 aromatic carbocycles. The van der Waals surface area contributed by atoms with E-state index in [1.807, 2.05) is 0 Å². The predicted molar refractivity (Wildman–Crippen MR) is 526 cm³/mol. The van der Waals surface area contributed by atoms with E-state index in [0.717, 1.165) is 51.2 Å². The molecule has 0 amide bonds. The summed E-state index contributed by atoms with van der Waals surface area (Å²) in [6.45, 7) is 0. The van der Waals surface area contributed by atoms with Crippen LogP contribution in [0.5, 0.6) is 0 Å². The molecule has 0 fully saturated rings. The summed E-state index contributed by atoms with van der Waals surface area (Å²) in [4.78, 5) is 6.97. The number of nitrogens with zero attached hydrogens (tertiary/aromatic N) is 3. The highest BCUT2D eigenvalue weighted by Crippen LogP contribution is 2.44. The second-order valence-electron chi connectivity index (χ2n) is 31.1. The van der Waals surface area contributed by atoms with Gasteiger partial charge in [-0.2, -0.15) is 0 Å². The zero-order valence-electron chi connectivity index (χ0n) is 67.9. The largest absolute Gasteiger partial charge is 0.311 e. The minimum atomic E-state index is 1.12. The third-order valence-electron chi connectivity index (χ3n) is 23.5. The van der Waals surface area contributed by atoms with Crippen LogP contribution in [0.15, 0.2) is 516 Å². The summed E-state index contributed by atoms with van der Waals surface area (Å²) in [5, 5.41) is 15.0. The van der Waals surface area contributed by atoms with Gasteiger partial charge in [0.25, 0.3) is 0 Å². The van der Waals surface area contributed by atoms with Gasteiger partial charge in [-0.05, 0) is 276 Å². The van der Waals surface area contributed by atoms with Crippen molar-refractivity contribution in [2.75, 3.05) is 14.7 Å². The summed E-state index contributed by atoms with van der Waals surface area (Å²) in [5.41, 5.74) is 27.4. The predicted octanol–water partition coefficient (Wildman–Crippen LogP) is 34.1. The van der Waals surface area contributed by atoms with Crippen LogP contribution < -0.4 is 14.7 Å². The Kier molecular flexibility index (Phi) is 21.4. The highest BCUT2D eigenvalue weighted by molar-refractivity contribution is 6.10. The molecule has 3 heteroatoms. The smallest absolute Gasteiger partial charge is 0.0468 e. The van der Waals surface area contributed by atoms with Gasteiger partial charge in [0.05, 0.1) is 0 Å². The van der Waals surface area contributed by atoms with Crippen LogP contribution in [0.4, 0.5) is 51.2 Å². The molecule has 0 aliphatic rings. The molecule has 0 heterocycles. The standard InChI is InChI=1S/C44H31N.2C38H27N/c1-3-12-32(13-4-1)33-24-28-37(29-25-33)45(36-16-5-2-6-17-36)38-30-26-35(27-31-38)40-19-10-22-43-42(40)21-11-23-44(43)41-20-9-15-34-14-7-8-18-39(34)41;1-3-9-28(10-4-1)30-19-22-37(23-20-30)39(36-13-5-2-6-14-36)38-24-21-31-16-18-34(26-35(31)27-38)33-17-15-29-11-7-8-12-32(29)25-33;1-3-9-28(10-4-1)30-19-22-37(23-20-30)39(36-13-5-2-6-14-36)38-24-21-34-26-33(17-18-35(34)27-38)32-16-15-29-11-7-8-12-31(29)25-32/h1-31H;2*1-27H. The highest BCUT2D eigenvalue weighted by Gasteiger charge is 2.20. The van der Waals surface area contributed by atoms with E-state index in [0.29, 0.717) is 0 Å². The molecule has 580 valence electrons. The van der Waals surface area contributed by atoms with Crippen molar-refractivity contribution in [3.05, 3.63) is 516 Å². The first kappa shape index (κ1) is 75.5. The molecule has 0 saturated carbocycles. The molecule has 0 unspecified atom stereocenters. The van der Waals surface area contributed by atoms with E-state index >= 15 is 0 Å². The van der Waals surface area contributed by atoms with Crippen molar-refractivity contribution < 1.29 is 0 Å². The molecular weight excluding hydrogens is 1480 g/mol. The molecule has 0 saturated heterocycles. The minimum Gasteiger partial charge on any atom is -0.311 e. The van der Waals surface area contributed by atoms with Gasteiger partial charge < -0.3 is 14.7 Å². The Hall–Kier alpha value is -16.2. The van der Waals surface area contributed by atoms with Gasteiger partial charge in [0.1, 0.15) is 0 Å². The van der Waals surface area contributed by atoms with E-state index in [9.17, 15) is 0 Å². The van der Waals surface area contributed by atoms with Gasteiger partial charge in [-0.3, -0.25) is 0 Å². The lowest BCUT2D eigenvalue weighted by Gasteiger charge is -2.26. The Morgan fingerprint density at radius 1 is 0.0976 bits per heavy atom. The van der Waals surface area contributed by atoms with E-state index in [2.05, 4.69) is 530 Å². The highest BCUT2D eigenvalue weighted by atomic mass is 15.2. The average molecular weight is 1570 g/mol. The molecule has 0 aliphatic heterocycles. The molecule has 3 nitrogen and oxygen atoms in total. The van der Waals surface area contributed by atoms with Gasteiger partial charge >= 0.3 is 0 Å². The Morgan fingerprint density at radius 2 is 0.317 bits per heavy atom. The van der Waals surface area contributed by atoms with Crippen LogP contribution in [0, 0.1) is 0 Å². The molecule has 0 spiro atoms. The lowest BCUT2D eigenvalue weighted by molar-refractivity contribution is 1.28. The van der Waals surface area contributed by atoms with Crippen LogP contribution in [0.1, 0.15) is 0 Å². The van der Waals surface area contributed by atoms with Crippen molar-refractivity contribution >= 4 is 116 Å². The van der Waals surface area contributed by atoms with Crippen LogP contribution in [0.25, 0.3) is 143 Å². The van der Waals surface area contributed by atoms with Crippen molar-refractivity contribution in [1.29, 1.82) is 0 Å². The van der Waals surface area contributed by atoms with Gasteiger partial charge in [0.2, 0.25) is 0 Å². The van der Waals surface area contributed by atoms with Crippen LogP contribution in [-0.4, -0.2) is 0 Å². The lowest BCUT2D eigenvalue weighted by Crippen LogP contribution is -2.09. The molecule has 0 N–H and O–H groups in total. The summed E-state index contributed by atoms with van der Waals surface area (Å²) < 4.78 is 0. The molecule has 0 aliphatic carbocycles. The van der Waals surface area contributed by atoms with Crippen molar-refractivity contribution in [2.24, 2.45) is 0 Å². The molecule has 123 heavy (non-hydrogen) atoms. The molecule has 0 atom stereocenters. The monoisotopic (exact) mass is 1570 g/mol. The molecule has 0 radical (unpaired) electrons. The third kappa shape index (κ3) is 16.3. The topological polar surface area (TPSA) is 9.72 Å². The first-order valence-electron chi connectivity index (χ1n) is 42.2. The van der Waals surface area contributed by atoms with Gasteiger partial charge in [0.15, 0.2) is 0 Å². The first-order valence-corrected chi connectivity index (χ1v) is 42.2. The third-order valence-corrected chi connectivity index (χ3v) is 23.5. The van der Waals surface area contributed by atoms with Gasteiger partial charge in [0, 0.05) is 51.2 Å². The number of rotatable bonds is 16. The molecule has 22 rings (SSSR count). The fraction of sp³-hybridized carbons (Fsp3) is 0. The van der Waals surface area contributed by atoms with E-state index in [1.165, 1.54) is 143 Å². The first-order chi connectivity index (χ1) is 61.0. The lowest BCUT2D eigenvalue weighted by atomic mass is 9.91. The summed E-state index contributed by atoms with van der Waals surface area (Å²) in [5.74, 6) is 0. The minimum absolute atomic E-state index is 1.12. The summed E-state index contributed by atoms with van der Waals surface area (Å²) in [7, 11) is 0. The Balaban J connectivity index is 0.000000118. The Labute approximate surface area is 719 Å². The van der Waals surface area contributed by atoms with Crippen molar-refractivity contribution in [3.8, 4) is 77.9 Å². The maximum absolute atomic E-state index is 2.33. The second-order valence-corrected chi connectivity index (χ2v) is 31.1. The number of hydrogen-bond acceptors (Lipinski definition) is 3. The van der Waals surface area contributed by atoms with Crippen molar-refractivity contribution in [1.82, 2.24) is 0 Å². The average Bonchev–Trinajstić information content (AvgIpc) is 0.766. The van der Waals surface area contributed by atoms with E-state index in [-0.39, 0.29) is 0 Å². The zero-order chi connectivity index (χ0) is 82.0.